The number of hydrogen-bond acceptors (Lipinski definition) is 2. The average Bonchev–Trinajstić information content (AvgIpc) is 2.44. The number of rotatable bonds is 0. The fourth-order valence-electron chi connectivity index (χ4n) is 2.94. The van der Waals surface area contributed by atoms with E-state index in [0.29, 0.717) is 0 Å². The lowest BCUT2D eigenvalue weighted by molar-refractivity contribution is 0.317. The third-order valence-electron chi connectivity index (χ3n) is 4.08. The summed E-state index contributed by atoms with van der Waals surface area (Å²) in [5.74, 6) is 0. The minimum Gasteiger partial charge on any atom is -0.341 e. The van der Waals surface area contributed by atoms with Crippen molar-refractivity contribution in [2.45, 2.75) is 40.7 Å². The summed E-state index contributed by atoms with van der Waals surface area (Å²) in [7, 11) is 0. The topological polar surface area (TPSA) is 15.6 Å². The quantitative estimate of drug-likeness (QED) is 0.681. The van der Waals surface area contributed by atoms with Crippen molar-refractivity contribution in [2.75, 3.05) is 0 Å². The first-order valence-electron chi connectivity index (χ1n) is 7.24. The molecule has 1 atom stereocenters. The number of allylic oxidation sites excluding steroid dienone is 1. The summed E-state index contributed by atoms with van der Waals surface area (Å²) in [6, 6.07) is 6.89. The summed E-state index contributed by atoms with van der Waals surface area (Å²) in [4.78, 5) is 7.14. The van der Waals surface area contributed by atoms with Crippen LogP contribution in [-0.4, -0.2) is 16.7 Å². The predicted molar refractivity (Wildman–Crippen MR) is 85.6 cm³/mol. The second-order valence-corrected chi connectivity index (χ2v) is 6.77. The Bertz CT molecular complexity index is 642. The molecule has 2 bridgehead atoms. The molecule has 0 amide bonds. The Morgan fingerprint density at radius 3 is 2.65 bits per heavy atom. The van der Waals surface area contributed by atoms with Gasteiger partial charge in [0.05, 0.1) is 11.8 Å². The molecule has 0 radical (unpaired) electrons. The first-order chi connectivity index (χ1) is 9.38. The monoisotopic (exact) mass is 266 g/mol. The number of benzene rings is 1. The molecule has 2 aliphatic heterocycles. The summed E-state index contributed by atoms with van der Waals surface area (Å²) in [5, 5.41) is 0. The maximum absolute atomic E-state index is 4.78. The van der Waals surface area contributed by atoms with Gasteiger partial charge in [-0.1, -0.05) is 44.5 Å². The van der Waals surface area contributed by atoms with Gasteiger partial charge in [-0.05, 0) is 25.5 Å². The summed E-state index contributed by atoms with van der Waals surface area (Å²) >= 11 is 0. The van der Waals surface area contributed by atoms with E-state index in [1.165, 1.54) is 22.4 Å². The van der Waals surface area contributed by atoms with Crippen molar-refractivity contribution in [3.05, 3.63) is 53.0 Å². The summed E-state index contributed by atoms with van der Waals surface area (Å²) < 4.78 is 0. The van der Waals surface area contributed by atoms with Crippen LogP contribution in [0.3, 0.4) is 0 Å². The lowest BCUT2D eigenvalue weighted by atomic mass is 9.88. The molecule has 1 aromatic rings. The second kappa shape index (κ2) is 4.34. The fourth-order valence-corrected chi connectivity index (χ4v) is 2.94. The van der Waals surface area contributed by atoms with E-state index in [0.717, 1.165) is 5.71 Å². The van der Waals surface area contributed by atoms with Gasteiger partial charge in [-0.2, -0.15) is 0 Å². The van der Waals surface area contributed by atoms with Gasteiger partial charge in [-0.25, -0.2) is 0 Å². The number of nitrogens with zero attached hydrogens (tertiary/aromatic N) is 2. The van der Waals surface area contributed by atoms with Gasteiger partial charge in [0.15, 0.2) is 0 Å². The molecule has 0 saturated heterocycles. The molecule has 2 nitrogen and oxygen atoms in total. The smallest absolute Gasteiger partial charge is 0.0732 e. The minimum atomic E-state index is 0.0973. The van der Waals surface area contributed by atoms with Crippen LogP contribution in [0.5, 0.6) is 0 Å². The highest BCUT2D eigenvalue weighted by Gasteiger charge is 2.32. The van der Waals surface area contributed by atoms with E-state index in [9.17, 15) is 0 Å². The number of fused-ring (bicyclic) bond motifs is 4. The van der Waals surface area contributed by atoms with Gasteiger partial charge in [0.25, 0.3) is 0 Å². The Hall–Kier alpha value is -1.83. The minimum absolute atomic E-state index is 0.0973. The Morgan fingerprint density at radius 2 is 1.95 bits per heavy atom. The Morgan fingerprint density at radius 1 is 1.20 bits per heavy atom. The van der Waals surface area contributed by atoms with Crippen LogP contribution >= 0.6 is 0 Å². The summed E-state index contributed by atoms with van der Waals surface area (Å²) in [6.07, 6.45) is 6.46. The molecule has 2 aliphatic rings. The van der Waals surface area contributed by atoms with Crippen molar-refractivity contribution in [1.82, 2.24) is 4.90 Å². The van der Waals surface area contributed by atoms with Crippen molar-refractivity contribution in [2.24, 2.45) is 10.4 Å². The lowest BCUT2D eigenvalue weighted by Gasteiger charge is -2.38. The van der Waals surface area contributed by atoms with Gasteiger partial charge in [0.2, 0.25) is 0 Å². The van der Waals surface area contributed by atoms with Crippen molar-refractivity contribution < 1.29 is 0 Å². The Balaban J connectivity index is 2.18. The van der Waals surface area contributed by atoms with Gasteiger partial charge in [-0.15, -0.1) is 0 Å². The normalized spacial score (nSPS) is 21.1. The molecule has 0 spiro atoms. The van der Waals surface area contributed by atoms with E-state index in [-0.39, 0.29) is 11.5 Å². The molecule has 0 unspecified atom stereocenters. The Kier molecular flexibility index (Phi) is 2.86. The molecule has 20 heavy (non-hydrogen) atoms. The van der Waals surface area contributed by atoms with E-state index in [2.05, 4.69) is 70.0 Å². The van der Waals surface area contributed by atoms with Crippen molar-refractivity contribution in [3.63, 3.8) is 0 Å². The van der Waals surface area contributed by atoms with E-state index in [1.807, 2.05) is 6.20 Å². The number of aryl methyl sites for hydroxylation is 1. The molecule has 2 heteroatoms. The van der Waals surface area contributed by atoms with Crippen LogP contribution in [-0.2, 0) is 0 Å². The highest BCUT2D eigenvalue weighted by Crippen LogP contribution is 2.36. The molecular weight excluding hydrogens is 244 g/mol. The standard InChI is InChI=1S/C18H22N2/c1-12-6-7-15-14(10-12)8-9-20-13(2)17(15)19-11-16(20)18(3,4)5/h6-11,13H,1-5H3/t13-/m1/s1. The predicted octanol–water partition coefficient (Wildman–Crippen LogP) is 4.36. The van der Waals surface area contributed by atoms with E-state index in [4.69, 9.17) is 4.99 Å². The van der Waals surface area contributed by atoms with Crippen LogP contribution in [0.4, 0.5) is 0 Å². The fraction of sp³-hybridized carbons (Fsp3) is 0.389. The van der Waals surface area contributed by atoms with Gasteiger partial charge >= 0.3 is 0 Å². The zero-order chi connectivity index (χ0) is 14.5. The molecule has 2 heterocycles. The third kappa shape index (κ3) is 2.00. The summed E-state index contributed by atoms with van der Waals surface area (Å²) in [6.45, 7) is 11.1. The average molecular weight is 266 g/mol. The molecule has 3 rings (SSSR count). The Labute approximate surface area is 121 Å². The van der Waals surface area contributed by atoms with Crippen molar-refractivity contribution >= 4 is 11.8 Å². The van der Waals surface area contributed by atoms with Crippen LogP contribution in [0, 0.1) is 12.3 Å². The van der Waals surface area contributed by atoms with E-state index in [1.54, 1.807) is 0 Å². The maximum Gasteiger partial charge on any atom is 0.0732 e. The molecule has 0 aromatic heterocycles. The van der Waals surface area contributed by atoms with Gasteiger partial charge in [-0.3, -0.25) is 4.99 Å². The second-order valence-electron chi connectivity index (χ2n) is 6.77. The van der Waals surface area contributed by atoms with Crippen LogP contribution in [0.2, 0.25) is 0 Å². The molecule has 0 saturated carbocycles. The first-order valence-corrected chi connectivity index (χ1v) is 7.24. The van der Waals surface area contributed by atoms with Crippen molar-refractivity contribution in [1.29, 1.82) is 0 Å². The third-order valence-corrected chi connectivity index (χ3v) is 4.08. The molecule has 0 fully saturated rings. The summed E-state index contributed by atoms with van der Waals surface area (Å²) in [5.41, 5.74) is 6.34. The van der Waals surface area contributed by atoms with Crippen LogP contribution in [0.25, 0.3) is 6.08 Å². The SMILES string of the molecule is Cc1ccc2c(c1)C=CN1C(C(C)(C)C)=CN=C2[C@H]1C. The zero-order valence-corrected chi connectivity index (χ0v) is 12.9. The van der Waals surface area contributed by atoms with Crippen LogP contribution in [0.15, 0.2) is 41.3 Å². The molecule has 0 aliphatic carbocycles. The molecular formula is C18H22N2. The first kappa shape index (κ1) is 13.2. The van der Waals surface area contributed by atoms with Gasteiger partial charge in [0, 0.05) is 29.1 Å². The van der Waals surface area contributed by atoms with E-state index < -0.39 is 0 Å². The maximum atomic E-state index is 4.78. The highest BCUT2D eigenvalue weighted by molar-refractivity contribution is 6.08. The van der Waals surface area contributed by atoms with Crippen LogP contribution in [0.1, 0.15) is 44.4 Å². The van der Waals surface area contributed by atoms with Gasteiger partial charge < -0.3 is 4.90 Å². The highest BCUT2D eigenvalue weighted by atomic mass is 15.2. The zero-order valence-electron chi connectivity index (χ0n) is 12.9. The molecule has 0 N–H and O–H groups in total. The molecule has 104 valence electrons. The van der Waals surface area contributed by atoms with Gasteiger partial charge in [0.1, 0.15) is 0 Å². The largest absolute Gasteiger partial charge is 0.341 e. The number of aliphatic imine (C=N–C) groups is 1. The van der Waals surface area contributed by atoms with Crippen LogP contribution < -0.4 is 0 Å². The lowest BCUT2D eigenvalue weighted by Crippen LogP contribution is -2.40. The van der Waals surface area contributed by atoms with E-state index >= 15 is 0 Å². The number of hydrogen-bond donors (Lipinski definition) is 0. The molecule has 1 aromatic carbocycles. The van der Waals surface area contributed by atoms with Crippen molar-refractivity contribution in [3.8, 4) is 0 Å².